The molecule has 1 aliphatic rings. The maximum atomic E-state index is 4.26. The molecule has 0 fully saturated rings. The van der Waals surface area contributed by atoms with Gasteiger partial charge in [0, 0.05) is 11.9 Å². The summed E-state index contributed by atoms with van der Waals surface area (Å²) in [5, 5.41) is 4.26. The van der Waals surface area contributed by atoms with E-state index in [4.69, 9.17) is 0 Å². The minimum atomic E-state index is 0.259. The van der Waals surface area contributed by atoms with Crippen LogP contribution in [0.4, 0.5) is 0 Å². The fraction of sp³-hybridized carbons (Fsp3) is 0.625. The second kappa shape index (κ2) is 2.27. The number of aryl methyl sites for hydroxylation is 1. The molecular formula is C8H12N2S. The lowest BCUT2D eigenvalue weighted by Gasteiger charge is -2.29. The largest absolute Gasteiger partial charge is 0.267 e. The molecular weight excluding hydrogens is 156 g/mol. The van der Waals surface area contributed by atoms with Crippen LogP contribution in [0.5, 0.6) is 0 Å². The molecule has 0 bridgehead atoms. The van der Waals surface area contributed by atoms with Crippen molar-refractivity contribution in [3.05, 3.63) is 18.0 Å². The van der Waals surface area contributed by atoms with Crippen molar-refractivity contribution in [2.24, 2.45) is 0 Å². The number of thioether (sulfide) groups is 1. The molecule has 0 aromatic carbocycles. The third-order valence-electron chi connectivity index (χ3n) is 2.10. The minimum Gasteiger partial charge on any atom is -0.267 e. The smallest absolute Gasteiger partial charge is 0.0539 e. The van der Waals surface area contributed by atoms with Gasteiger partial charge in [0.05, 0.1) is 17.0 Å². The van der Waals surface area contributed by atoms with Crippen LogP contribution in [0.1, 0.15) is 19.5 Å². The summed E-state index contributed by atoms with van der Waals surface area (Å²) in [4.78, 5) is 0. The molecule has 0 aliphatic carbocycles. The van der Waals surface area contributed by atoms with Crippen LogP contribution in [0, 0.1) is 0 Å². The van der Waals surface area contributed by atoms with Gasteiger partial charge in [0.1, 0.15) is 0 Å². The zero-order chi connectivity index (χ0) is 7.90. The van der Waals surface area contributed by atoms with Crippen molar-refractivity contribution in [3.8, 4) is 0 Å². The third kappa shape index (κ3) is 1.07. The summed E-state index contributed by atoms with van der Waals surface area (Å²) in [5.74, 6) is 1.18. The van der Waals surface area contributed by atoms with Crippen LogP contribution in [0.2, 0.25) is 0 Å². The van der Waals surface area contributed by atoms with Crippen molar-refractivity contribution in [1.82, 2.24) is 9.78 Å². The molecule has 2 heterocycles. The van der Waals surface area contributed by atoms with E-state index in [1.54, 1.807) is 0 Å². The number of aromatic nitrogens is 2. The molecule has 0 atom stereocenters. The van der Waals surface area contributed by atoms with Crippen molar-refractivity contribution < 1.29 is 0 Å². The standard InChI is InChI=1S/C8H12N2S/c1-8(2)7-3-4-9-10(7)5-6-11-8/h3-4H,5-6H2,1-2H3. The first-order valence-corrected chi connectivity index (χ1v) is 4.85. The highest BCUT2D eigenvalue weighted by Crippen LogP contribution is 2.38. The zero-order valence-electron chi connectivity index (χ0n) is 6.87. The Morgan fingerprint density at radius 3 is 3.18 bits per heavy atom. The molecule has 3 heteroatoms. The molecule has 11 heavy (non-hydrogen) atoms. The summed E-state index contributed by atoms with van der Waals surface area (Å²) in [6.07, 6.45) is 1.89. The van der Waals surface area contributed by atoms with E-state index in [1.807, 2.05) is 18.0 Å². The van der Waals surface area contributed by atoms with Gasteiger partial charge in [-0.25, -0.2) is 0 Å². The quantitative estimate of drug-likeness (QED) is 0.588. The highest BCUT2D eigenvalue weighted by atomic mass is 32.2. The molecule has 0 saturated heterocycles. The SMILES string of the molecule is CC1(C)SCCn2nccc21. The minimum absolute atomic E-state index is 0.259. The second-order valence-corrected chi connectivity index (χ2v) is 5.02. The van der Waals surface area contributed by atoms with Gasteiger partial charge in [-0.15, -0.1) is 11.8 Å². The first-order chi connectivity index (χ1) is 5.20. The molecule has 1 aromatic heterocycles. The van der Waals surface area contributed by atoms with Crippen LogP contribution < -0.4 is 0 Å². The van der Waals surface area contributed by atoms with Gasteiger partial charge >= 0.3 is 0 Å². The van der Waals surface area contributed by atoms with E-state index >= 15 is 0 Å². The normalized spacial score (nSPS) is 21.3. The summed E-state index contributed by atoms with van der Waals surface area (Å²) in [7, 11) is 0. The Bertz CT molecular complexity index is 265. The summed E-state index contributed by atoms with van der Waals surface area (Å²) >= 11 is 2.01. The molecule has 0 unspecified atom stereocenters. The predicted molar refractivity (Wildman–Crippen MR) is 47.7 cm³/mol. The summed E-state index contributed by atoms with van der Waals surface area (Å²) in [5.41, 5.74) is 1.36. The molecule has 0 saturated carbocycles. The van der Waals surface area contributed by atoms with Crippen LogP contribution in [0.25, 0.3) is 0 Å². The van der Waals surface area contributed by atoms with Crippen molar-refractivity contribution >= 4 is 11.8 Å². The Labute approximate surface area is 71.0 Å². The van der Waals surface area contributed by atoms with Gasteiger partial charge in [0.2, 0.25) is 0 Å². The van der Waals surface area contributed by atoms with Crippen LogP contribution in [-0.4, -0.2) is 15.5 Å². The van der Waals surface area contributed by atoms with Gasteiger partial charge in [-0.2, -0.15) is 5.10 Å². The molecule has 1 aromatic rings. The topological polar surface area (TPSA) is 17.8 Å². The Morgan fingerprint density at radius 2 is 2.45 bits per heavy atom. The molecule has 0 N–H and O–H groups in total. The monoisotopic (exact) mass is 168 g/mol. The van der Waals surface area contributed by atoms with Crippen molar-refractivity contribution in [2.75, 3.05) is 5.75 Å². The van der Waals surface area contributed by atoms with Crippen LogP contribution in [-0.2, 0) is 11.3 Å². The Morgan fingerprint density at radius 1 is 1.64 bits per heavy atom. The molecule has 0 radical (unpaired) electrons. The number of nitrogens with zero attached hydrogens (tertiary/aromatic N) is 2. The highest BCUT2D eigenvalue weighted by molar-refractivity contribution is 8.00. The van der Waals surface area contributed by atoms with E-state index in [2.05, 4.69) is 29.7 Å². The lowest BCUT2D eigenvalue weighted by Crippen LogP contribution is -2.25. The summed E-state index contributed by atoms with van der Waals surface area (Å²) in [6.45, 7) is 5.57. The van der Waals surface area contributed by atoms with Gasteiger partial charge < -0.3 is 0 Å². The van der Waals surface area contributed by atoms with E-state index < -0.39 is 0 Å². The molecule has 2 rings (SSSR count). The van der Waals surface area contributed by atoms with Gasteiger partial charge in [-0.05, 0) is 19.9 Å². The molecule has 1 aliphatic heterocycles. The van der Waals surface area contributed by atoms with Gasteiger partial charge in [-0.1, -0.05) is 0 Å². The van der Waals surface area contributed by atoms with E-state index in [1.165, 1.54) is 11.4 Å². The fourth-order valence-electron chi connectivity index (χ4n) is 1.48. The summed E-state index contributed by atoms with van der Waals surface area (Å²) in [6, 6.07) is 2.12. The number of hydrogen-bond donors (Lipinski definition) is 0. The highest BCUT2D eigenvalue weighted by Gasteiger charge is 2.28. The lowest BCUT2D eigenvalue weighted by atomic mass is 10.1. The average molecular weight is 168 g/mol. The van der Waals surface area contributed by atoms with Gasteiger partial charge in [0.15, 0.2) is 0 Å². The van der Waals surface area contributed by atoms with Crippen molar-refractivity contribution in [2.45, 2.75) is 25.1 Å². The number of rotatable bonds is 0. The van der Waals surface area contributed by atoms with Crippen molar-refractivity contribution in [3.63, 3.8) is 0 Å². The van der Waals surface area contributed by atoms with Crippen LogP contribution in [0.3, 0.4) is 0 Å². The molecule has 0 spiro atoms. The van der Waals surface area contributed by atoms with Crippen molar-refractivity contribution in [1.29, 1.82) is 0 Å². The molecule has 60 valence electrons. The third-order valence-corrected chi connectivity index (χ3v) is 3.42. The van der Waals surface area contributed by atoms with E-state index in [9.17, 15) is 0 Å². The van der Waals surface area contributed by atoms with E-state index in [-0.39, 0.29) is 4.75 Å². The maximum Gasteiger partial charge on any atom is 0.0539 e. The summed E-state index contributed by atoms with van der Waals surface area (Å²) < 4.78 is 2.37. The van der Waals surface area contributed by atoms with E-state index in [0.29, 0.717) is 0 Å². The Kier molecular flexibility index (Phi) is 1.49. The number of hydrogen-bond acceptors (Lipinski definition) is 2. The number of fused-ring (bicyclic) bond motifs is 1. The first kappa shape index (κ1) is 7.22. The van der Waals surface area contributed by atoms with Gasteiger partial charge in [0.25, 0.3) is 0 Å². The lowest BCUT2D eigenvalue weighted by molar-refractivity contribution is 0.560. The molecule has 0 amide bonds. The fourth-order valence-corrected chi connectivity index (χ4v) is 2.58. The average Bonchev–Trinajstić information content (AvgIpc) is 2.34. The Hall–Kier alpha value is -0.440. The molecule has 2 nitrogen and oxygen atoms in total. The second-order valence-electron chi connectivity index (χ2n) is 3.30. The van der Waals surface area contributed by atoms with Crippen LogP contribution >= 0.6 is 11.8 Å². The first-order valence-electron chi connectivity index (χ1n) is 3.86. The maximum absolute atomic E-state index is 4.26. The predicted octanol–water partition coefficient (Wildman–Crippen LogP) is 1.86. The Balaban J connectivity index is 2.48. The van der Waals surface area contributed by atoms with E-state index in [0.717, 1.165) is 6.54 Å². The van der Waals surface area contributed by atoms with Gasteiger partial charge in [-0.3, -0.25) is 4.68 Å². The van der Waals surface area contributed by atoms with Crippen LogP contribution in [0.15, 0.2) is 12.3 Å². The zero-order valence-corrected chi connectivity index (χ0v) is 7.69.